The van der Waals surface area contributed by atoms with Crippen LogP contribution >= 0.6 is 11.6 Å². The molecule has 3 aromatic rings. The first-order valence-corrected chi connectivity index (χ1v) is 6.82. The van der Waals surface area contributed by atoms with Gasteiger partial charge in [0.25, 0.3) is 5.91 Å². The number of phenols is 1. The fraction of sp³-hybridized carbons (Fsp3) is 0.0625. The third-order valence-corrected chi connectivity index (χ3v) is 3.39. The third kappa shape index (κ3) is 2.58. The summed E-state index contributed by atoms with van der Waals surface area (Å²) in [5.74, 6) is 0.0864. The highest BCUT2D eigenvalue weighted by atomic mass is 35.5. The molecule has 0 unspecified atom stereocenters. The number of nitrogens with one attached hydrogen (secondary N) is 1. The second-order valence-corrected chi connectivity index (χ2v) is 5.04. The number of aromatic hydroxyl groups is 1. The number of halogens is 1. The van der Waals surface area contributed by atoms with Crippen molar-refractivity contribution in [3.8, 4) is 11.5 Å². The molecule has 0 atom stereocenters. The van der Waals surface area contributed by atoms with E-state index in [1.165, 1.54) is 25.3 Å². The number of carbonyl (C=O) groups is 1. The second-order valence-electron chi connectivity index (χ2n) is 4.60. The Hall–Kier alpha value is -2.66. The molecule has 22 heavy (non-hydrogen) atoms. The summed E-state index contributed by atoms with van der Waals surface area (Å²) in [6, 6.07) is 11.4. The summed E-state index contributed by atoms with van der Waals surface area (Å²) < 4.78 is 10.7. The van der Waals surface area contributed by atoms with Gasteiger partial charge in [0.2, 0.25) is 0 Å². The van der Waals surface area contributed by atoms with E-state index in [0.717, 1.165) is 5.39 Å². The molecule has 0 spiro atoms. The minimum Gasteiger partial charge on any atom is -0.506 e. The van der Waals surface area contributed by atoms with Crippen LogP contribution in [0.15, 0.2) is 46.9 Å². The molecule has 3 rings (SSSR count). The van der Waals surface area contributed by atoms with E-state index in [1.54, 1.807) is 18.2 Å². The number of hydrogen-bond acceptors (Lipinski definition) is 4. The first kappa shape index (κ1) is 14.3. The first-order chi connectivity index (χ1) is 10.6. The molecule has 0 bridgehead atoms. The van der Waals surface area contributed by atoms with Gasteiger partial charge in [0, 0.05) is 10.4 Å². The van der Waals surface area contributed by atoms with Crippen LogP contribution in [0.5, 0.6) is 11.5 Å². The van der Waals surface area contributed by atoms with E-state index in [4.69, 9.17) is 20.8 Å². The molecule has 0 aliphatic carbocycles. The highest BCUT2D eigenvalue weighted by Gasteiger charge is 2.16. The highest BCUT2D eigenvalue weighted by Crippen LogP contribution is 2.30. The van der Waals surface area contributed by atoms with E-state index in [9.17, 15) is 9.90 Å². The van der Waals surface area contributed by atoms with Gasteiger partial charge in [-0.25, -0.2) is 0 Å². The average Bonchev–Trinajstić information content (AvgIpc) is 2.95. The van der Waals surface area contributed by atoms with Crippen molar-refractivity contribution < 1.29 is 19.1 Å². The summed E-state index contributed by atoms with van der Waals surface area (Å²) in [7, 11) is 1.53. The van der Waals surface area contributed by atoms with E-state index in [0.29, 0.717) is 16.4 Å². The molecule has 0 saturated heterocycles. The normalized spacial score (nSPS) is 10.6. The predicted octanol–water partition coefficient (Wildman–Crippen LogP) is 4.05. The van der Waals surface area contributed by atoms with Crippen LogP contribution in [0.2, 0.25) is 5.02 Å². The van der Waals surface area contributed by atoms with E-state index in [-0.39, 0.29) is 17.2 Å². The predicted molar refractivity (Wildman–Crippen MR) is 83.8 cm³/mol. The lowest BCUT2D eigenvalue weighted by Crippen LogP contribution is -2.10. The quantitative estimate of drug-likeness (QED) is 0.715. The Balaban J connectivity index is 1.94. The number of methoxy groups -OCH3 is 1. The molecule has 2 N–H and O–H groups in total. The van der Waals surface area contributed by atoms with Gasteiger partial charge < -0.3 is 19.6 Å². The van der Waals surface area contributed by atoms with Crippen molar-refractivity contribution in [2.75, 3.05) is 12.4 Å². The number of anilines is 1. The van der Waals surface area contributed by atoms with Gasteiger partial charge >= 0.3 is 0 Å². The molecule has 5 nitrogen and oxygen atoms in total. The molecule has 0 fully saturated rings. The standard InChI is InChI=1S/C16H12ClNO4/c1-21-13-4-2-3-9-7-14(22-15(9)13)16(20)18-11-8-10(17)5-6-12(11)19/h2-8,19H,1H3,(H,18,20). The Kier molecular flexibility index (Phi) is 3.65. The summed E-state index contributed by atoms with van der Waals surface area (Å²) in [5.41, 5.74) is 0.704. The summed E-state index contributed by atoms with van der Waals surface area (Å²) in [5, 5.41) is 13.4. The van der Waals surface area contributed by atoms with Gasteiger partial charge in [-0.2, -0.15) is 0 Å². The molecule has 1 aromatic heterocycles. The third-order valence-electron chi connectivity index (χ3n) is 3.16. The van der Waals surface area contributed by atoms with Gasteiger partial charge in [-0.05, 0) is 30.3 Å². The lowest BCUT2D eigenvalue weighted by atomic mass is 10.2. The molecule has 1 amide bonds. The van der Waals surface area contributed by atoms with Crippen LogP contribution in [0.4, 0.5) is 5.69 Å². The molecule has 112 valence electrons. The molecule has 1 heterocycles. The zero-order chi connectivity index (χ0) is 15.7. The van der Waals surface area contributed by atoms with Crippen LogP contribution < -0.4 is 10.1 Å². The lowest BCUT2D eigenvalue weighted by molar-refractivity contribution is 0.0998. The largest absolute Gasteiger partial charge is 0.506 e. The monoisotopic (exact) mass is 317 g/mol. The molecule has 6 heteroatoms. The van der Waals surface area contributed by atoms with Crippen molar-refractivity contribution in [2.45, 2.75) is 0 Å². The number of rotatable bonds is 3. The van der Waals surface area contributed by atoms with E-state index < -0.39 is 5.91 Å². The summed E-state index contributed by atoms with van der Waals surface area (Å²) in [6.45, 7) is 0. The van der Waals surface area contributed by atoms with Crippen LogP contribution in [0.25, 0.3) is 11.0 Å². The van der Waals surface area contributed by atoms with Gasteiger partial charge in [-0.3, -0.25) is 4.79 Å². The Morgan fingerprint density at radius 1 is 1.27 bits per heavy atom. The molecule has 0 aliphatic heterocycles. The van der Waals surface area contributed by atoms with Crippen molar-refractivity contribution in [1.29, 1.82) is 0 Å². The minimum absolute atomic E-state index is 0.0774. The molecule has 0 aliphatic rings. The smallest absolute Gasteiger partial charge is 0.291 e. The number of fused-ring (bicyclic) bond motifs is 1. The number of hydrogen-bond donors (Lipinski definition) is 2. The van der Waals surface area contributed by atoms with Gasteiger partial charge in [-0.1, -0.05) is 23.7 Å². The molecule has 0 radical (unpaired) electrons. The number of ether oxygens (including phenoxy) is 1. The van der Waals surface area contributed by atoms with Gasteiger partial charge in [0.1, 0.15) is 5.75 Å². The summed E-state index contributed by atoms with van der Waals surface area (Å²) in [6.07, 6.45) is 0. The number of phenolic OH excluding ortho intramolecular Hbond substituents is 1. The van der Waals surface area contributed by atoms with E-state index >= 15 is 0 Å². The number of para-hydroxylation sites is 1. The van der Waals surface area contributed by atoms with Crippen molar-refractivity contribution in [3.05, 3.63) is 53.2 Å². The van der Waals surface area contributed by atoms with E-state index in [1.807, 2.05) is 6.07 Å². The molecule has 0 saturated carbocycles. The van der Waals surface area contributed by atoms with Crippen LogP contribution in [0, 0.1) is 0 Å². The number of carbonyl (C=O) groups excluding carboxylic acids is 1. The van der Waals surface area contributed by atoms with Crippen molar-refractivity contribution in [3.63, 3.8) is 0 Å². The van der Waals surface area contributed by atoms with Gasteiger partial charge in [0.05, 0.1) is 12.8 Å². The average molecular weight is 318 g/mol. The lowest BCUT2D eigenvalue weighted by Gasteiger charge is -2.05. The summed E-state index contributed by atoms with van der Waals surface area (Å²) in [4.78, 5) is 12.2. The Morgan fingerprint density at radius 2 is 2.09 bits per heavy atom. The highest BCUT2D eigenvalue weighted by molar-refractivity contribution is 6.31. The Labute approximate surface area is 131 Å². The number of furan rings is 1. The van der Waals surface area contributed by atoms with Crippen LogP contribution in [-0.4, -0.2) is 18.1 Å². The maximum Gasteiger partial charge on any atom is 0.291 e. The van der Waals surface area contributed by atoms with Crippen LogP contribution in [0.3, 0.4) is 0 Å². The zero-order valence-electron chi connectivity index (χ0n) is 11.6. The fourth-order valence-electron chi connectivity index (χ4n) is 2.10. The Morgan fingerprint density at radius 3 is 2.86 bits per heavy atom. The van der Waals surface area contributed by atoms with E-state index in [2.05, 4.69) is 5.32 Å². The fourth-order valence-corrected chi connectivity index (χ4v) is 2.27. The number of benzene rings is 2. The van der Waals surface area contributed by atoms with Gasteiger partial charge in [-0.15, -0.1) is 0 Å². The Bertz CT molecular complexity index is 856. The maximum absolute atomic E-state index is 12.2. The van der Waals surface area contributed by atoms with Crippen molar-refractivity contribution >= 4 is 34.2 Å². The first-order valence-electron chi connectivity index (χ1n) is 6.45. The molecular formula is C16H12ClNO4. The van der Waals surface area contributed by atoms with Crippen LogP contribution in [-0.2, 0) is 0 Å². The topological polar surface area (TPSA) is 71.7 Å². The van der Waals surface area contributed by atoms with Crippen molar-refractivity contribution in [1.82, 2.24) is 0 Å². The minimum atomic E-state index is -0.490. The van der Waals surface area contributed by atoms with Crippen molar-refractivity contribution in [2.24, 2.45) is 0 Å². The molecular weight excluding hydrogens is 306 g/mol. The number of amides is 1. The maximum atomic E-state index is 12.2. The zero-order valence-corrected chi connectivity index (χ0v) is 12.3. The summed E-state index contributed by atoms with van der Waals surface area (Å²) >= 11 is 5.85. The van der Waals surface area contributed by atoms with Gasteiger partial charge in [0.15, 0.2) is 17.1 Å². The second kappa shape index (κ2) is 5.61. The molecule has 2 aromatic carbocycles. The SMILES string of the molecule is COc1cccc2cc(C(=O)Nc3cc(Cl)ccc3O)oc12. The van der Waals surface area contributed by atoms with Crippen LogP contribution in [0.1, 0.15) is 10.6 Å².